The van der Waals surface area contributed by atoms with Crippen LogP contribution in [0.4, 0.5) is 9.18 Å². The van der Waals surface area contributed by atoms with Crippen molar-refractivity contribution >= 4 is 11.7 Å². The molecule has 1 aliphatic rings. The second-order valence-electron chi connectivity index (χ2n) is 11.7. The number of imidazole rings is 1. The normalized spacial score (nSPS) is 14.5. The molecule has 7 heteroatoms. The van der Waals surface area contributed by atoms with E-state index in [4.69, 9.17) is 14.8 Å². The molecule has 3 aromatic carbocycles. The van der Waals surface area contributed by atoms with Gasteiger partial charge in [0.15, 0.2) is 5.65 Å². The summed E-state index contributed by atoms with van der Waals surface area (Å²) in [6, 6.07) is 26.9. The van der Waals surface area contributed by atoms with Gasteiger partial charge in [-0.2, -0.15) is 5.10 Å². The standard InChI is InChI=1S/C34H33FN4O2/c1-22-31(25-13-17-27(35)18-14-25)39-29(36-22)21-28(23-9-6-5-7-10-23)30(38-39)24-11-15-26(16-12-24)34(19-8-20-34)37-32(40)41-33(2,3)4/h5-7,9-18,21H,8,19-20H2,1-4H3,(H,37,40). The lowest BCUT2D eigenvalue weighted by molar-refractivity contribution is 0.0377. The van der Waals surface area contributed by atoms with E-state index in [0.717, 1.165) is 69.8 Å². The van der Waals surface area contributed by atoms with Crippen molar-refractivity contribution in [2.75, 3.05) is 0 Å². The highest BCUT2D eigenvalue weighted by Crippen LogP contribution is 2.42. The van der Waals surface area contributed by atoms with Gasteiger partial charge in [0, 0.05) is 16.7 Å². The van der Waals surface area contributed by atoms with E-state index in [1.807, 2.05) is 50.4 Å². The Hall–Kier alpha value is -4.52. The van der Waals surface area contributed by atoms with Crippen LogP contribution in [0.5, 0.6) is 0 Å². The van der Waals surface area contributed by atoms with Gasteiger partial charge in [-0.05, 0) is 88.4 Å². The summed E-state index contributed by atoms with van der Waals surface area (Å²) in [5, 5.41) is 8.27. The SMILES string of the molecule is Cc1nc2cc(-c3ccccc3)c(-c3ccc(C4(NC(=O)OC(C)(C)C)CCC4)cc3)nn2c1-c1ccc(F)cc1. The molecule has 0 unspecified atom stereocenters. The maximum atomic E-state index is 13.7. The molecule has 41 heavy (non-hydrogen) atoms. The first-order chi connectivity index (χ1) is 19.6. The maximum Gasteiger partial charge on any atom is 0.408 e. The number of amides is 1. The third-order valence-electron chi connectivity index (χ3n) is 7.64. The zero-order valence-corrected chi connectivity index (χ0v) is 23.7. The summed E-state index contributed by atoms with van der Waals surface area (Å²) < 4.78 is 21.1. The third-order valence-corrected chi connectivity index (χ3v) is 7.64. The van der Waals surface area contributed by atoms with E-state index in [1.165, 1.54) is 12.1 Å². The van der Waals surface area contributed by atoms with Crippen LogP contribution in [0.3, 0.4) is 0 Å². The number of alkyl carbamates (subject to hydrolysis) is 1. The van der Waals surface area contributed by atoms with Crippen LogP contribution in [-0.4, -0.2) is 26.3 Å². The van der Waals surface area contributed by atoms with E-state index in [9.17, 15) is 9.18 Å². The van der Waals surface area contributed by atoms with Gasteiger partial charge in [0.2, 0.25) is 0 Å². The first kappa shape index (κ1) is 26.7. The number of benzene rings is 3. The monoisotopic (exact) mass is 548 g/mol. The number of carbonyl (C=O) groups is 1. The summed E-state index contributed by atoms with van der Waals surface area (Å²) in [4.78, 5) is 17.5. The topological polar surface area (TPSA) is 68.5 Å². The Morgan fingerprint density at radius 2 is 1.59 bits per heavy atom. The average Bonchev–Trinajstić information content (AvgIpc) is 3.25. The Morgan fingerprint density at radius 3 is 2.20 bits per heavy atom. The summed E-state index contributed by atoms with van der Waals surface area (Å²) in [6.07, 6.45) is 2.37. The smallest absolute Gasteiger partial charge is 0.408 e. The Balaban J connectivity index is 1.44. The predicted molar refractivity (Wildman–Crippen MR) is 159 cm³/mol. The van der Waals surface area contributed by atoms with Gasteiger partial charge in [0.05, 0.1) is 22.6 Å². The fourth-order valence-corrected chi connectivity index (χ4v) is 5.54. The van der Waals surface area contributed by atoms with Gasteiger partial charge in [-0.25, -0.2) is 18.7 Å². The largest absolute Gasteiger partial charge is 0.444 e. The van der Waals surface area contributed by atoms with E-state index in [1.54, 1.807) is 12.1 Å². The fourth-order valence-electron chi connectivity index (χ4n) is 5.54. The molecular weight excluding hydrogens is 515 g/mol. The zero-order chi connectivity index (χ0) is 28.8. The molecule has 1 aliphatic carbocycles. The van der Waals surface area contributed by atoms with Crippen molar-refractivity contribution in [3.63, 3.8) is 0 Å². The predicted octanol–water partition coefficient (Wildman–Crippen LogP) is 8.08. The molecule has 2 heterocycles. The molecule has 1 fully saturated rings. The lowest BCUT2D eigenvalue weighted by atomic mass is 9.71. The molecule has 1 saturated carbocycles. The molecule has 2 aromatic heterocycles. The second-order valence-corrected chi connectivity index (χ2v) is 11.7. The van der Waals surface area contributed by atoms with Gasteiger partial charge < -0.3 is 10.1 Å². The molecule has 0 spiro atoms. The van der Waals surface area contributed by atoms with Crippen LogP contribution >= 0.6 is 0 Å². The Labute approximate surface area is 239 Å². The summed E-state index contributed by atoms with van der Waals surface area (Å²) in [5.74, 6) is -0.286. The average molecular weight is 549 g/mol. The number of hydrogen-bond acceptors (Lipinski definition) is 4. The van der Waals surface area contributed by atoms with Gasteiger partial charge in [-0.1, -0.05) is 54.6 Å². The summed E-state index contributed by atoms with van der Waals surface area (Å²) in [5.41, 5.74) is 7.01. The van der Waals surface area contributed by atoms with Crippen molar-refractivity contribution in [2.45, 2.75) is 58.1 Å². The summed E-state index contributed by atoms with van der Waals surface area (Å²) in [6.45, 7) is 7.55. The first-order valence-electron chi connectivity index (χ1n) is 14.0. The minimum Gasteiger partial charge on any atom is -0.444 e. The molecule has 6 nitrogen and oxygen atoms in total. The van der Waals surface area contributed by atoms with Gasteiger partial charge in [-0.3, -0.25) is 0 Å². The molecule has 1 amide bonds. The molecule has 0 aliphatic heterocycles. The molecule has 0 bridgehead atoms. The number of fused-ring (bicyclic) bond motifs is 1. The Morgan fingerprint density at radius 1 is 0.927 bits per heavy atom. The van der Waals surface area contributed by atoms with Crippen LogP contribution in [0.1, 0.15) is 51.3 Å². The van der Waals surface area contributed by atoms with E-state index in [0.29, 0.717) is 0 Å². The third kappa shape index (κ3) is 5.20. The minimum absolute atomic E-state index is 0.286. The number of rotatable bonds is 5. The highest BCUT2D eigenvalue weighted by Gasteiger charge is 2.41. The molecule has 5 aromatic rings. The Bertz CT molecular complexity index is 1720. The van der Waals surface area contributed by atoms with Crippen molar-refractivity contribution in [3.05, 3.63) is 102 Å². The number of nitrogens with one attached hydrogen (secondary N) is 1. The van der Waals surface area contributed by atoms with Crippen molar-refractivity contribution in [1.29, 1.82) is 0 Å². The molecule has 6 rings (SSSR count). The van der Waals surface area contributed by atoms with Gasteiger partial charge in [0.1, 0.15) is 11.4 Å². The first-order valence-corrected chi connectivity index (χ1v) is 14.0. The number of hydrogen-bond donors (Lipinski definition) is 1. The molecule has 208 valence electrons. The number of nitrogens with zero attached hydrogens (tertiary/aromatic N) is 3. The molecule has 1 N–H and O–H groups in total. The van der Waals surface area contributed by atoms with Crippen LogP contribution in [0, 0.1) is 12.7 Å². The number of aryl methyl sites for hydroxylation is 1. The number of ether oxygens (including phenoxy) is 1. The minimum atomic E-state index is -0.560. The van der Waals surface area contributed by atoms with E-state index in [-0.39, 0.29) is 5.82 Å². The van der Waals surface area contributed by atoms with Gasteiger partial charge >= 0.3 is 6.09 Å². The molecule has 0 radical (unpaired) electrons. The summed E-state index contributed by atoms with van der Waals surface area (Å²) >= 11 is 0. The van der Waals surface area contributed by atoms with Crippen LogP contribution < -0.4 is 5.32 Å². The van der Waals surface area contributed by atoms with Crippen molar-refractivity contribution < 1.29 is 13.9 Å². The van der Waals surface area contributed by atoms with Crippen molar-refractivity contribution in [2.24, 2.45) is 0 Å². The van der Waals surface area contributed by atoms with Crippen molar-refractivity contribution in [1.82, 2.24) is 19.9 Å². The quantitative estimate of drug-likeness (QED) is 0.241. The fraction of sp³-hybridized carbons (Fsp3) is 0.265. The number of aromatic nitrogens is 3. The van der Waals surface area contributed by atoms with Gasteiger partial charge in [-0.15, -0.1) is 0 Å². The number of carbonyl (C=O) groups excluding carboxylic acids is 1. The maximum absolute atomic E-state index is 13.7. The zero-order valence-electron chi connectivity index (χ0n) is 23.7. The highest BCUT2D eigenvalue weighted by atomic mass is 19.1. The lowest BCUT2D eigenvalue weighted by Crippen LogP contribution is -2.52. The lowest BCUT2D eigenvalue weighted by Gasteiger charge is -2.43. The summed E-state index contributed by atoms with van der Waals surface area (Å²) in [7, 11) is 0. The van der Waals surface area contributed by atoms with Crippen LogP contribution in [-0.2, 0) is 10.3 Å². The second kappa shape index (κ2) is 10.1. The molecular formula is C34H33FN4O2. The van der Waals surface area contributed by atoms with E-state index in [2.05, 4.69) is 47.8 Å². The van der Waals surface area contributed by atoms with E-state index >= 15 is 0 Å². The molecule has 0 saturated heterocycles. The van der Waals surface area contributed by atoms with Gasteiger partial charge in [0.25, 0.3) is 0 Å². The Kier molecular flexibility index (Phi) is 6.60. The molecule has 0 atom stereocenters. The highest BCUT2D eigenvalue weighted by molar-refractivity contribution is 5.83. The van der Waals surface area contributed by atoms with Crippen LogP contribution in [0.25, 0.3) is 39.3 Å². The van der Waals surface area contributed by atoms with Crippen LogP contribution in [0.2, 0.25) is 0 Å². The van der Waals surface area contributed by atoms with Crippen LogP contribution in [0.15, 0.2) is 84.9 Å². The number of halogens is 1. The van der Waals surface area contributed by atoms with E-state index < -0.39 is 17.2 Å². The van der Waals surface area contributed by atoms with Crippen molar-refractivity contribution in [3.8, 4) is 33.6 Å².